The molecule has 0 bridgehead atoms. The molecule has 2 aromatic heterocycles. The number of nitrogens with zero attached hydrogens (tertiary/aromatic N) is 4. The van der Waals surface area contributed by atoms with Gasteiger partial charge in [-0.05, 0) is 56.3 Å². The van der Waals surface area contributed by atoms with Gasteiger partial charge in [0.1, 0.15) is 11.6 Å². The first-order valence-electron chi connectivity index (χ1n) is 10.8. The Balaban J connectivity index is 1.45. The number of benzene rings is 1. The molecule has 1 saturated heterocycles. The van der Waals surface area contributed by atoms with Crippen LogP contribution in [0.5, 0.6) is 5.75 Å². The number of rotatable bonds is 6. The van der Waals surface area contributed by atoms with E-state index in [-0.39, 0.29) is 11.9 Å². The van der Waals surface area contributed by atoms with Crippen LogP contribution in [-0.4, -0.2) is 66.7 Å². The molecule has 7 nitrogen and oxygen atoms in total. The molecule has 164 valence electrons. The number of ether oxygens (including phenoxy) is 1. The summed E-state index contributed by atoms with van der Waals surface area (Å²) >= 11 is 0. The number of carbonyl (C=O) groups excluding carboxylic acids is 1. The Morgan fingerprint density at radius 3 is 2.68 bits per heavy atom. The Bertz CT molecular complexity index is 1070. The van der Waals surface area contributed by atoms with Crippen molar-refractivity contribution in [1.29, 1.82) is 0 Å². The molecule has 1 fully saturated rings. The van der Waals surface area contributed by atoms with Gasteiger partial charge in [0.2, 0.25) is 0 Å². The van der Waals surface area contributed by atoms with E-state index in [4.69, 9.17) is 4.74 Å². The van der Waals surface area contributed by atoms with Crippen molar-refractivity contribution in [2.45, 2.75) is 19.4 Å². The number of likely N-dealkylation sites (N-methyl/N-ethyl adjacent to an activating group) is 1. The van der Waals surface area contributed by atoms with Crippen molar-refractivity contribution in [3.63, 3.8) is 0 Å². The van der Waals surface area contributed by atoms with E-state index in [1.807, 2.05) is 26.1 Å². The predicted molar refractivity (Wildman–Crippen MR) is 124 cm³/mol. The van der Waals surface area contributed by atoms with Crippen LogP contribution in [0.15, 0.2) is 42.7 Å². The number of carbonyl (C=O) groups is 1. The Morgan fingerprint density at radius 2 is 1.94 bits per heavy atom. The second kappa shape index (κ2) is 8.98. The van der Waals surface area contributed by atoms with Crippen molar-refractivity contribution in [2.24, 2.45) is 7.05 Å². The highest BCUT2D eigenvalue weighted by molar-refractivity contribution is 5.95. The summed E-state index contributed by atoms with van der Waals surface area (Å²) in [5.74, 6) is 1.64. The molecule has 1 aliphatic heterocycles. The Labute approximate surface area is 183 Å². The van der Waals surface area contributed by atoms with Gasteiger partial charge in [-0.3, -0.25) is 4.79 Å². The Hall–Kier alpha value is -3.06. The lowest BCUT2D eigenvalue weighted by Crippen LogP contribution is -2.45. The number of hydrogen-bond acceptors (Lipinski definition) is 5. The fraction of sp³-hybridized carbons (Fsp3) is 0.417. The molecule has 0 saturated carbocycles. The van der Waals surface area contributed by atoms with Crippen LogP contribution in [0, 0.1) is 0 Å². The van der Waals surface area contributed by atoms with Crippen LogP contribution in [0.1, 0.15) is 22.8 Å². The Kier molecular flexibility index (Phi) is 6.13. The monoisotopic (exact) mass is 421 g/mol. The number of pyridine rings is 1. The fourth-order valence-corrected chi connectivity index (χ4v) is 4.20. The third-order valence-electron chi connectivity index (χ3n) is 6.02. The van der Waals surface area contributed by atoms with E-state index in [2.05, 4.69) is 50.0 Å². The largest absolute Gasteiger partial charge is 0.497 e. The van der Waals surface area contributed by atoms with Crippen LogP contribution in [0.3, 0.4) is 0 Å². The lowest BCUT2D eigenvalue weighted by atomic mass is 10.1. The topological polar surface area (TPSA) is 62.6 Å². The van der Waals surface area contributed by atoms with Crippen LogP contribution in [-0.2, 0) is 13.5 Å². The van der Waals surface area contributed by atoms with Crippen molar-refractivity contribution >= 4 is 22.6 Å². The average molecular weight is 422 g/mol. The van der Waals surface area contributed by atoms with E-state index in [1.165, 1.54) is 5.56 Å². The maximum absolute atomic E-state index is 12.9. The minimum atomic E-state index is -0.0666. The quantitative estimate of drug-likeness (QED) is 0.663. The number of amides is 1. The lowest BCUT2D eigenvalue weighted by Gasteiger charge is -2.33. The number of hydrogen-bond donors (Lipinski definition) is 1. The highest BCUT2D eigenvalue weighted by Crippen LogP contribution is 2.26. The molecule has 1 amide bonds. The number of fused-ring (bicyclic) bond motifs is 1. The molecule has 1 N–H and O–H groups in total. The maximum atomic E-state index is 12.9. The number of anilines is 1. The zero-order valence-electron chi connectivity index (χ0n) is 18.8. The fourth-order valence-electron chi connectivity index (χ4n) is 4.20. The summed E-state index contributed by atoms with van der Waals surface area (Å²) in [6.45, 7) is 5.90. The van der Waals surface area contributed by atoms with E-state index in [1.54, 1.807) is 19.4 Å². The van der Waals surface area contributed by atoms with Gasteiger partial charge in [0.05, 0.1) is 7.11 Å². The van der Waals surface area contributed by atoms with Gasteiger partial charge in [-0.15, -0.1) is 0 Å². The standard InChI is InChI=1S/C24H31N5O2/c1-17(13-19-16-28(3)22-6-5-20(31-4)15-21(19)22)26-24(30)18-7-8-25-23(14-18)29-11-9-27(2)10-12-29/h5-8,14-17H,9-13H2,1-4H3,(H,26,30). The van der Waals surface area contributed by atoms with Gasteiger partial charge in [-0.1, -0.05) is 0 Å². The smallest absolute Gasteiger partial charge is 0.251 e. The Morgan fingerprint density at radius 1 is 1.16 bits per heavy atom. The van der Waals surface area contributed by atoms with Gasteiger partial charge in [0.15, 0.2) is 0 Å². The molecular formula is C24H31N5O2. The van der Waals surface area contributed by atoms with Gasteiger partial charge < -0.3 is 24.4 Å². The summed E-state index contributed by atoms with van der Waals surface area (Å²) in [5.41, 5.74) is 2.99. The molecule has 1 aliphatic rings. The first kappa shape index (κ1) is 21.2. The van der Waals surface area contributed by atoms with Gasteiger partial charge >= 0.3 is 0 Å². The number of aromatic nitrogens is 2. The van der Waals surface area contributed by atoms with Crippen LogP contribution in [0.25, 0.3) is 10.9 Å². The highest BCUT2D eigenvalue weighted by Gasteiger charge is 2.18. The summed E-state index contributed by atoms with van der Waals surface area (Å²) < 4.78 is 7.50. The molecule has 0 aliphatic carbocycles. The highest BCUT2D eigenvalue weighted by atomic mass is 16.5. The van der Waals surface area contributed by atoms with Crippen molar-refractivity contribution < 1.29 is 9.53 Å². The van der Waals surface area contributed by atoms with Gasteiger partial charge in [-0.2, -0.15) is 0 Å². The van der Waals surface area contributed by atoms with E-state index < -0.39 is 0 Å². The number of nitrogens with one attached hydrogen (secondary N) is 1. The summed E-state index contributed by atoms with van der Waals surface area (Å²) in [4.78, 5) is 21.9. The predicted octanol–water partition coefficient (Wildman–Crippen LogP) is 2.69. The van der Waals surface area contributed by atoms with Crippen LogP contribution in [0.2, 0.25) is 0 Å². The first-order chi connectivity index (χ1) is 14.9. The van der Waals surface area contributed by atoms with Crippen molar-refractivity contribution in [1.82, 2.24) is 19.8 Å². The van der Waals surface area contributed by atoms with Gasteiger partial charge in [0.25, 0.3) is 5.91 Å². The minimum absolute atomic E-state index is 0.00967. The summed E-state index contributed by atoms with van der Waals surface area (Å²) in [6, 6.07) is 9.77. The number of piperazine rings is 1. The zero-order chi connectivity index (χ0) is 22.0. The van der Waals surface area contributed by atoms with Crippen LogP contribution >= 0.6 is 0 Å². The molecule has 0 spiro atoms. The van der Waals surface area contributed by atoms with Crippen LogP contribution < -0.4 is 15.0 Å². The van der Waals surface area contributed by atoms with E-state index in [0.29, 0.717) is 5.56 Å². The van der Waals surface area contributed by atoms with E-state index in [0.717, 1.165) is 55.1 Å². The summed E-state index contributed by atoms with van der Waals surface area (Å²) in [6.07, 6.45) is 4.60. The molecule has 1 atom stereocenters. The number of methoxy groups -OCH3 is 1. The molecule has 1 aromatic carbocycles. The van der Waals surface area contributed by atoms with E-state index >= 15 is 0 Å². The molecule has 31 heavy (non-hydrogen) atoms. The third-order valence-corrected chi connectivity index (χ3v) is 6.02. The average Bonchev–Trinajstić information content (AvgIpc) is 3.08. The molecular weight excluding hydrogens is 390 g/mol. The lowest BCUT2D eigenvalue weighted by molar-refractivity contribution is 0.0940. The number of aryl methyl sites for hydroxylation is 1. The second-order valence-corrected chi connectivity index (χ2v) is 8.42. The molecule has 3 heterocycles. The molecule has 1 unspecified atom stereocenters. The van der Waals surface area contributed by atoms with Crippen LogP contribution in [0.4, 0.5) is 5.82 Å². The van der Waals surface area contributed by atoms with Crippen molar-refractivity contribution in [2.75, 3.05) is 45.2 Å². The molecule has 0 radical (unpaired) electrons. The molecule has 4 rings (SSSR count). The third kappa shape index (κ3) is 4.66. The normalized spacial score (nSPS) is 15.8. The second-order valence-electron chi connectivity index (χ2n) is 8.42. The van der Waals surface area contributed by atoms with Crippen molar-refractivity contribution in [3.8, 4) is 5.75 Å². The summed E-state index contributed by atoms with van der Waals surface area (Å²) in [5, 5.41) is 4.31. The van der Waals surface area contributed by atoms with E-state index in [9.17, 15) is 4.79 Å². The molecule has 3 aromatic rings. The zero-order valence-corrected chi connectivity index (χ0v) is 18.8. The van der Waals surface area contributed by atoms with Gasteiger partial charge in [0, 0.05) is 68.1 Å². The SMILES string of the molecule is COc1ccc2c(c1)c(CC(C)NC(=O)c1ccnc(N3CCN(C)CC3)c1)cn2C. The molecule has 7 heteroatoms. The summed E-state index contributed by atoms with van der Waals surface area (Å²) in [7, 11) is 5.85. The maximum Gasteiger partial charge on any atom is 0.251 e. The first-order valence-corrected chi connectivity index (χ1v) is 10.8. The van der Waals surface area contributed by atoms with Gasteiger partial charge in [-0.25, -0.2) is 4.98 Å². The minimum Gasteiger partial charge on any atom is -0.497 e. The van der Waals surface area contributed by atoms with Crippen molar-refractivity contribution in [3.05, 3.63) is 53.9 Å².